The van der Waals surface area contributed by atoms with Crippen molar-refractivity contribution in [2.75, 3.05) is 0 Å². The molecule has 2 aliphatic rings. The Morgan fingerprint density at radius 2 is 1.08 bits per heavy atom. The van der Waals surface area contributed by atoms with Gasteiger partial charge in [-0.05, 0) is 61.5 Å². The van der Waals surface area contributed by atoms with Gasteiger partial charge in [0.2, 0.25) is 0 Å². The third-order valence-electron chi connectivity index (χ3n) is 5.50. The van der Waals surface area contributed by atoms with Crippen LogP contribution in [-0.2, 0) is 9.47 Å². The highest BCUT2D eigenvalue weighted by Crippen LogP contribution is 2.28. The Labute approximate surface area is 206 Å². The SMILES string of the molecule is CC(=O)c1cc(OC(=O)c2ccc3c(c2)C(=O)OC3=O)ccc1OC(=O)c1ccc2c(c1)C(=O)OC2=O. The number of hydrogen-bond donors (Lipinski definition) is 0. The van der Waals surface area contributed by atoms with Crippen LogP contribution in [0.15, 0.2) is 54.6 Å². The highest BCUT2D eigenvalue weighted by atomic mass is 16.6. The van der Waals surface area contributed by atoms with E-state index in [-0.39, 0.29) is 50.4 Å². The van der Waals surface area contributed by atoms with E-state index in [4.69, 9.17) is 9.47 Å². The molecule has 5 rings (SSSR count). The number of carbonyl (C=O) groups excluding carboxylic acids is 7. The van der Waals surface area contributed by atoms with Gasteiger partial charge >= 0.3 is 35.8 Å². The zero-order valence-corrected chi connectivity index (χ0v) is 18.7. The first-order chi connectivity index (χ1) is 17.6. The van der Waals surface area contributed by atoms with E-state index in [1.807, 2.05) is 0 Å². The van der Waals surface area contributed by atoms with Crippen LogP contribution in [0, 0.1) is 0 Å². The van der Waals surface area contributed by atoms with Gasteiger partial charge in [0.15, 0.2) is 5.78 Å². The first-order valence-electron chi connectivity index (χ1n) is 10.5. The average Bonchev–Trinajstić information content (AvgIpc) is 3.32. The normalized spacial score (nSPS) is 13.4. The summed E-state index contributed by atoms with van der Waals surface area (Å²) in [6, 6.07) is 11.1. The smallest absolute Gasteiger partial charge is 0.346 e. The topological polar surface area (TPSA) is 156 Å². The van der Waals surface area contributed by atoms with Gasteiger partial charge in [0.1, 0.15) is 11.5 Å². The molecule has 2 aliphatic heterocycles. The molecular formula is C26H12O11. The van der Waals surface area contributed by atoms with Crippen molar-refractivity contribution in [2.45, 2.75) is 6.92 Å². The summed E-state index contributed by atoms with van der Waals surface area (Å²) >= 11 is 0. The Kier molecular flexibility index (Phi) is 5.44. The second-order valence-electron chi connectivity index (χ2n) is 7.87. The quantitative estimate of drug-likeness (QED) is 0.220. The predicted octanol–water partition coefficient (Wildman–Crippen LogP) is 2.95. The molecule has 0 fully saturated rings. The van der Waals surface area contributed by atoms with E-state index in [1.54, 1.807) is 0 Å². The standard InChI is InChI=1S/C26H12O11/c1-11(27)17-10-14(34-21(28)12-2-5-15-18(8-12)25(32)36-23(15)30)4-7-20(17)35-22(29)13-3-6-16-19(9-13)26(33)37-24(16)31/h2-10H,1H3. The molecule has 0 N–H and O–H groups in total. The van der Waals surface area contributed by atoms with E-state index in [0.29, 0.717) is 0 Å². The molecule has 0 atom stereocenters. The summed E-state index contributed by atoms with van der Waals surface area (Å²) in [6.07, 6.45) is 0. The van der Waals surface area contributed by atoms with Gasteiger partial charge in [-0.15, -0.1) is 0 Å². The van der Waals surface area contributed by atoms with E-state index < -0.39 is 41.6 Å². The van der Waals surface area contributed by atoms with Gasteiger partial charge in [0.25, 0.3) is 0 Å². The van der Waals surface area contributed by atoms with Gasteiger partial charge in [0, 0.05) is 0 Å². The molecule has 37 heavy (non-hydrogen) atoms. The molecular weight excluding hydrogens is 488 g/mol. The van der Waals surface area contributed by atoms with Crippen LogP contribution in [0.1, 0.15) is 79.4 Å². The molecule has 3 aromatic rings. The van der Waals surface area contributed by atoms with Gasteiger partial charge in [-0.2, -0.15) is 0 Å². The van der Waals surface area contributed by atoms with Crippen LogP contribution in [0.25, 0.3) is 0 Å². The second kappa shape index (κ2) is 8.64. The molecule has 2 heterocycles. The molecule has 0 saturated heterocycles. The highest BCUT2D eigenvalue weighted by Gasteiger charge is 2.32. The van der Waals surface area contributed by atoms with Crippen LogP contribution < -0.4 is 9.47 Å². The molecule has 0 spiro atoms. The fraction of sp³-hybridized carbons (Fsp3) is 0.0385. The summed E-state index contributed by atoms with van der Waals surface area (Å²) < 4.78 is 19.6. The highest BCUT2D eigenvalue weighted by molar-refractivity contribution is 6.16. The summed E-state index contributed by atoms with van der Waals surface area (Å²) in [5.74, 6) is -5.92. The molecule has 0 aliphatic carbocycles. The number of rotatable bonds is 5. The van der Waals surface area contributed by atoms with E-state index in [9.17, 15) is 33.6 Å². The van der Waals surface area contributed by atoms with Crippen LogP contribution in [0.5, 0.6) is 11.5 Å². The van der Waals surface area contributed by atoms with Crippen molar-refractivity contribution in [3.63, 3.8) is 0 Å². The first-order valence-corrected chi connectivity index (χ1v) is 10.5. The van der Waals surface area contributed by atoms with Gasteiger partial charge in [0.05, 0.1) is 38.9 Å². The number of esters is 6. The number of hydrogen-bond acceptors (Lipinski definition) is 11. The van der Waals surface area contributed by atoms with Crippen molar-refractivity contribution in [2.24, 2.45) is 0 Å². The Balaban J connectivity index is 1.36. The fourth-order valence-corrected chi connectivity index (χ4v) is 3.69. The summed E-state index contributed by atoms with van der Waals surface area (Å²) in [6.45, 7) is 1.21. The molecule has 0 bridgehead atoms. The van der Waals surface area contributed by atoms with Gasteiger partial charge in [-0.1, -0.05) is 0 Å². The minimum atomic E-state index is -0.915. The monoisotopic (exact) mass is 500 g/mol. The lowest BCUT2D eigenvalue weighted by molar-refractivity contribution is 0.0425. The van der Waals surface area contributed by atoms with Crippen molar-refractivity contribution in [1.29, 1.82) is 0 Å². The number of cyclic esters (lactones) is 4. The number of Topliss-reactive ketones (excluding diaryl/α,β-unsaturated/α-hetero) is 1. The van der Waals surface area contributed by atoms with Crippen LogP contribution in [0.3, 0.4) is 0 Å². The van der Waals surface area contributed by atoms with E-state index in [0.717, 1.165) is 12.1 Å². The average molecular weight is 500 g/mol. The number of ketones is 1. The van der Waals surface area contributed by atoms with Crippen LogP contribution in [0.4, 0.5) is 0 Å². The van der Waals surface area contributed by atoms with Gasteiger partial charge < -0.3 is 18.9 Å². The molecule has 11 heteroatoms. The lowest BCUT2D eigenvalue weighted by Gasteiger charge is -2.11. The lowest BCUT2D eigenvalue weighted by Crippen LogP contribution is -2.13. The molecule has 0 aromatic heterocycles. The Morgan fingerprint density at radius 3 is 1.59 bits per heavy atom. The molecule has 11 nitrogen and oxygen atoms in total. The van der Waals surface area contributed by atoms with Gasteiger partial charge in [-0.25, -0.2) is 28.8 Å². The Morgan fingerprint density at radius 1 is 0.595 bits per heavy atom. The minimum absolute atomic E-state index is 0.0176. The zero-order valence-electron chi connectivity index (χ0n) is 18.7. The summed E-state index contributed by atoms with van der Waals surface area (Å²) in [4.78, 5) is 84.1. The third-order valence-corrected chi connectivity index (χ3v) is 5.50. The lowest BCUT2D eigenvalue weighted by atomic mass is 10.1. The fourth-order valence-electron chi connectivity index (χ4n) is 3.69. The number of ether oxygens (including phenoxy) is 4. The summed E-state index contributed by atoms with van der Waals surface area (Å²) in [7, 11) is 0. The van der Waals surface area contributed by atoms with Crippen molar-refractivity contribution in [3.8, 4) is 11.5 Å². The third kappa shape index (κ3) is 4.14. The number of fused-ring (bicyclic) bond motifs is 2. The zero-order chi connectivity index (χ0) is 26.4. The van der Waals surface area contributed by atoms with Gasteiger partial charge in [-0.3, -0.25) is 4.79 Å². The van der Waals surface area contributed by atoms with Crippen LogP contribution in [-0.4, -0.2) is 41.6 Å². The summed E-state index contributed by atoms with van der Waals surface area (Å²) in [5, 5.41) is 0. The summed E-state index contributed by atoms with van der Waals surface area (Å²) in [5.41, 5.74) is -0.309. The van der Waals surface area contributed by atoms with E-state index in [1.165, 1.54) is 49.4 Å². The molecule has 0 saturated carbocycles. The maximum atomic E-state index is 12.6. The number of benzene rings is 3. The van der Waals surface area contributed by atoms with Crippen molar-refractivity contribution in [1.82, 2.24) is 0 Å². The second-order valence-corrected chi connectivity index (χ2v) is 7.87. The largest absolute Gasteiger partial charge is 0.423 e. The molecule has 0 amide bonds. The maximum absolute atomic E-state index is 12.6. The maximum Gasteiger partial charge on any atom is 0.346 e. The molecule has 182 valence electrons. The molecule has 0 unspecified atom stereocenters. The van der Waals surface area contributed by atoms with Crippen LogP contribution >= 0.6 is 0 Å². The Hall–Kier alpha value is -5.45. The van der Waals surface area contributed by atoms with Crippen molar-refractivity contribution in [3.05, 3.63) is 93.5 Å². The van der Waals surface area contributed by atoms with E-state index in [2.05, 4.69) is 9.47 Å². The Bertz CT molecular complexity index is 1610. The van der Waals surface area contributed by atoms with Crippen LogP contribution in [0.2, 0.25) is 0 Å². The first kappa shape index (κ1) is 23.3. The van der Waals surface area contributed by atoms with Crippen molar-refractivity contribution < 1.29 is 52.5 Å². The molecule has 3 aromatic carbocycles. The minimum Gasteiger partial charge on any atom is -0.423 e. The number of carbonyl (C=O) groups is 7. The molecule has 0 radical (unpaired) electrons. The predicted molar refractivity (Wildman–Crippen MR) is 119 cm³/mol. The van der Waals surface area contributed by atoms with E-state index >= 15 is 0 Å². The van der Waals surface area contributed by atoms with Crippen molar-refractivity contribution >= 4 is 41.6 Å².